The molecule has 208 valence electrons. The van der Waals surface area contributed by atoms with Gasteiger partial charge in [0, 0.05) is 38.2 Å². The number of amides is 1. The molecule has 4 heterocycles. The van der Waals surface area contributed by atoms with Crippen LogP contribution in [0.2, 0.25) is 0 Å². The molecule has 1 saturated heterocycles. The van der Waals surface area contributed by atoms with Crippen molar-refractivity contribution in [1.29, 1.82) is 0 Å². The van der Waals surface area contributed by atoms with Crippen LogP contribution < -0.4 is 9.64 Å². The summed E-state index contributed by atoms with van der Waals surface area (Å²) >= 11 is 0. The third-order valence-electron chi connectivity index (χ3n) is 7.25. The molecule has 0 aliphatic carbocycles. The Morgan fingerprint density at radius 2 is 1.57 bits per heavy atom. The van der Waals surface area contributed by atoms with E-state index in [1.807, 2.05) is 72.8 Å². The molecule has 7 rings (SSSR count). The summed E-state index contributed by atoms with van der Waals surface area (Å²) < 4.78 is 17.3. The number of ether oxygens (including phenoxy) is 1. The Morgan fingerprint density at radius 3 is 2.33 bits per heavy atom. The summed E-state index contributed by atoms with van der Waals surface area (Å²) in [4.78, 5) is 26.7. The van der Waals surface area contributed by atoms with Gasteiger partial charge in [-0.3, -0.25) is 4.79 Å². The zero-order chi connectivity index (χ0) is 28.3. The number of benzene rings is 3. The molecule has 0 saturated carbocycles. The molecule has 1 aliphatic heterocycles. The summed E-state index contributed by atoms with van der Waals surface area (Å²) in [6.45, 7) is 2.23. The minimum absolute atomic E-state index is 0.113. The van der Waals surface area contributed by atoms with Crippen LogP contribution in [-0.2, 0) is 6.42 Å². The van der Waals surface area contributed by atoms with Crippen LogP contribution in [0.3, 0.4) is 0 Å². The van der Waals surface area contributed by atoms with E-state index in [4.69, 9.17) is 23.6 Å². The van der Waals surface area contributed by atoms with Crippen molar-refractivity contribution in [1.82, 2.24) is 20.0 Å². The monoisotopic (exact) mass is 557 g/mol. The van der Waals surface area contributed by atoms with Crippen LogP contribution in [0, 0.1) is 0 Å². The Kier molecular flexibility index (Phi) is 6.81. The van der Waals surface area contributed by atoms with E-state index in [2.05, 4.69) is 22.2 Å². The van der Waals surface area contributed by atoms with Gasteiger partial charge >= 0.3 is 0 Å². The van der Waals surface area contributed by atoms with Crippen LogP contribution >= 0.6 is 0 Å². The lowest BCUT2D eigenvalue weighted by Gasteiger charge is -2.35. The van der Waals surface area contributed by atoms with E-state index in [1.54, 1.807) is 17.0 Å². The number of hydrogen-bond donors (Lipinski definition) is 0. The largest absolute Gasteiger partial charge is 0.459 e. The van der Waals surface area contributed by atoms with Gasteiger partial charge in [-0.1, -0.05) is 65.8 Å². The van der Waals surface area contributed by atoms with Crippen molar-refractivity contribution < 1.29 is 18.5 Å². The summed E-state index contributed by atoms with van der Waals surface area (Å²) in [6, 6.07) is 30.9. The fourth-order valence-electron chi connectivity index (χ4n) is 5.17. The van der Waals surface area contributed by atoms with E-state index in [-0.39, 0.29) is 5.91 Å². The van der Waals surface area contributed by atoms with Crippen molar-refractivity contribution >= 4 is 22.8 Å². The maximum absolute atomic E-state index is 12.9. The van der Waals surface area contributed by atoms with Crippen LogP contribution in [0.25, 0.3) is 22.4 Å². The fraction of sp³-hybridized carbons (Fsp3) is 0.152. The summed E-state index contributed by atoms with van der Waals surface area (Å²) in [5.74, 6) is 3.04. The van der Waals surface area contributed by atoms with Gasteiger partial charge in [-0.15, -0.1) is 0 Å². The number of carbonyl (C=O) groups excluding carboxylic acids is 1. The van der Waals surface area contributed by atoms with Crippen molar-refractivity contribution in [2.75, 3.05) is 31.1 Å². The SMILES string of the molecule is O=C(c1ccco1)N1CCN(c2nc(Cc3ccccc3)nc3onc(-c4cccc(Oc5ccccc5)c4)c23)CC1. The van der Waals surface area contributed by atoms with Gasteiger partial charge in [0.1, 0.15) is 34.2 Å². The summed E-state index contributed by atoms with van der Waals surface area (Å²) in [5, 5.41) is 5.19. The first-order chi connectivity index (χ1) is 20.7. The van der Waals surface area contributed by atoms with E-state index >= 15 is 0 Å². The lowest BCUT2D eigenvalue weighted by molar-refractivity contribution is 0.0714. The van der Waals surface area contributed by atoms with Crippen molar-refractivity contribution in [3.63, 3.8) is 0 Å². The van der Waals surface area contributed by atoms with Gasteiger partial charge in [-0.2, -0.15) is 4.98 Å². The van der Waals surface area contributed by atoms with Gasteiger partial charge in [0.15, 0.2) is 5.76 Å². The molecule has 9 nitrogen and oxygen atoms in total. The van der Waals surface area contributed by atoms with E-state index in [9.17, 15) is 4.79 Å². The molecule has 0 unspecified atom stereocenters. The zero-order valence-corrected chi connectivity index (χ0v) is 22.7. The number of hydrogen-bond acceptors (Lipinski definition) is 8. The number of fused-ring (bicyclic) bond motifs is 1. The van der Waals surface area contributed by atoms with Gasteiger partial charge in [0.2, 0.25) is 0 Å². The van der Waals surface area contributed by atoms with Crippen LogP contribution in [0.1, 0.15) is 21.9 Å². The number of piperazine rings is 1. The lowest BCUT2D eigenvalue weighted by Crippen LogP contribution is -2.49. The van der Waals surface area contributed by atoms with Crippen LogP contribution in [-0.4, -0.2) is 52.1 Å². The molecule has 9 heteroatoms. The smallest absolute Gasteiger partial charge is 0.289 e. The Labute approximate surface area is 242 Å². The molecular formula is C33H27N5O4. The average Bonchev–Trinajstić information content (AvgIpc) is 3.73. The molecule has 1 fully saturated rings. The average molecular weight is 558 g/mol. The van der Waals surface area contributed by atoms with Crippen LogP contribution in [0.15, 0.2) is 112 Å². The minimum Gasteiger partial charge on any atom is -0.459 e. The van der Waals surface area contributed by atoms with E-state index < -0.39 is 0 Å². The number of nitrogens with zero attached hydrogens (tertiary/aromatic N) is 5. The number of carbonyl (C=O) groups is 1. The predicted molar refractivity (Wildman–Crippen MR) is 158 cm³/mol. The number of anilines is 1. The maximum atomic E-state index is 12.9. The number of aromatic nitrogens is 3. The van der Waals surface area contributed by atoms with Gasteiger partial charge in [0.25, 0.3) is 11.6 Å². The highest BCUT2D eigenvalue weighted by atomic mass is 16.5. The van der Waals surface area contributed by atoms with Crippen LogP contribution in [0.5, 0.6) is 11.5 Å². The fourth-order valence-corrected chi connectivity index (χ4v) is 5.17. The second-order valence-electron chi connectivity index (χ2n) is 10.0. The number of furan rings is 1. The summed E-state index contributed by atoms with van der Waals surface area (Å²) in [7, 11) is 0. The third kappa shape index (κ3) is 5.19. The van der Waals surface area contributed by atoms with E-state index in [0.717, 1.165) is 28.1 Å². The van der Waals surface area contributed by atoms with Gasteiger partial charge in [-0.25, -0.2) is 4.98 Å². The number of para-hydroxylation sites is 1. The van der Waals surface area contributed by atoms with Gasteiger partial charge in [-0.05, 0) is 42.0 Å². The third-order valence-corrected chi connectivity index (χ3v) is 7.25. The summed E-state index contributed by atoms with van der Waals surface area (Å²) in [5.41, 5.74) is 2.99. The molecule has 0 atom stereocenters. The Bertz CT molecular complexity index is 1810. The van der Waals surface area contributed by atoms with Gasteiger partial charge in [0.05, 0.1) is 6.26 Å². The van der Waals surface area contributed by atoms with Crippen LogP contribution in [0.4, 0.5) is 5.82 Å². The van der Waals surface area contributed by atoms with Crippen molar-refractivity contribution in [2.45, 2.75) is 6.42 Å². The molecule has 0 bridgehead atoms. The molecule has 1 amide bonds. The Balaban J connectivity index is 1.24. The molecular weight excluding hydrogens is 530 g/mol. The predicted octanol–water partition coefficient (Wildman–Crippen LogP) is 6.22. The molecule has 0 radical (unpaired) electrons. The van der Waals surface area contributed by atoms with Crippen molar-refractivity contribution in [3.05, 3.63) is 120 Å². The standard InChI is InChI=1S/C33H27N5O4/c39-33(27-15-8-20-40-27)38-18-16-37(17-19-38)31-29-30(24-11-7-14-26(22-24)41-25-12-5-2-6-13-25)36-42-32(29)35-28(34-31)21-23-9-3-1-4-10-23/h1-15,20,22H,16-19,21H2. The maximum Gasteiger partial charge on any atom is 0.289 e. The molecule has 42 heavy (non-hydrogen) atoms. The molecule has 6 aromatic rings. The molecule has 3 aromatic carbocycles. The Hall–Kier alpha value is -5.44. The number of rotatable bonds is 7. The van der Waals surface area contributed by atoms with Crippen molar-refractivity contribution in [2.24, 2.45) is 0 Å². The Morgan fingerprint density at radius 1 is 0.810 bits per heavy atom. The second kappa shape index (κ2) is 11.2. The molecule has 3 aromatic heterocycles. The second-order valence-corrected chi connectivity index (χ2v) is 10.0. The van der Waals surface area contributed by atoms with Gasteiger partial charge < -0.3 is 23.5 Å². The normalized spacial score (nSPS) is 13.4. The zero-order valence-electron chi connectivity index (χ0n) is 22.7. The first-order valence-electron chi connectivity index (χ1n) is 13.8. The van der Waals surface area contributed by atoms with Crippen molar-refractivity contribution in [3.8, 4) is 22.8 Å². The highest BCUT2D eigenvalue weighted by Gasteiger charge is 2.28. The first kappa shape index (κ1) is 25.5. The van der Waals surface area contributed by atoms with E-state index in [0.29, 0.717) is 61.3 Å². The van der Waals surface area contributed by atoms with E-state index in [1.165, 1.54) is 6.26 Å². The highest BCUT2D eigenvalue weighted by molar-refractivity contribution is 5.98. The molecule has 0 spiro atoms. The quantitative estimate of drug-likeness (QED) is 0.228. The first-order valence-corrected chi connectivity index (χ1v) is 13.8. The lowest BCUT2D eigenvalue weighted by atomic mass is 10.1. The summed E-state index contributed by atoms with van der Waals surface area (Å²) in [6.07, 6.45) is 2.07. The molecule has 0 N–H and O–H groups in total. The highest BCUT2D eigenvalue weighted by Crippen LogP contribution is 2.36. The molecule has 1 aliphatic rings. The minimum atomic E-state index is -0.113. The topological polar surface area (TPSA) is 97.7 Å².